The van der Waals surface area contributed by atoms with E-state index in [-0.39, 0.29) is 10.4 Å². The van der Waals surface area contributed by atoms with Gasteiger partial charge in [0, 0.05) is 0 Å². The van der Waals surface area contributed by atoms with Crippen LogP contribution in [0.5, 0.6) is 0 Å². The summed E-state index contributed by atoms with van der Waals surface area (Å²) < 4.78 is 0. The van der Waals surface area contributed by atoms with Crippen molar-refractivity contribution in [1.82, 2.24) is 0 Å². The molecule has 0 radical (unpaired) electrons. The number of thiophene rings is 1. The van der Waals surface area contributed by atoms with Crippen molar-refractivity contribution in [3.63, 3.8) is 0 Å². The lowest BCUT2D eigenvalue weighted by atomic mass is 10.1. The topological polar surface area (TPSA) is 115 Å². The number of carbonyl (C=O) groups is 2. The smallest absolute Gasteiger partial charge is 0.336 e. The van der Waals surface area contributed by atoms with E-state index in [1.807, 2.05) is 0 Å². The number of carboxylic acid groups (broad SMARTS) is 2. The minimum Gasteiger partial charge on any atom is -0.481 e. The van der Waals surface area contributed by atoms with Crippen LogP contribution in [0.4, 0.5) is 0 Å². The van der Waals surface area contributed by atoms with Gasteiger partial charge in [-0.25, -0.2) is 4.79 Å². The number of aliphatic hydroxyl groups is 2. The molecular formula is C9H10O6S. The summed E-state index contributed by atoms with van der Waals surface area (Å²) in [6.07, 6.45) is -3.66. The van der Waals surface area contributed by atoms with Crippen LogP contribution in [-0.2, 0) is 4.79 Å². The zero-order valence-corrected chi connectivity index (χ0v) is 8.85. The van der Waals surface area contributed by atoms with Crippen LogP contribution in [-0.4, -0.2) is 38.5 Å². The molecule has 0 amide bonds. The monoisotopic (exact) mass is 246 g/mol. The van der Waals surface area contributed by atoms with E-state index >= 15 is 0 Å². The highest BCUT2D eigenvalue weighted by atomic mass is 32.1. The molecule has 6 nitrogen and oxygen atoms in total. The Morgan fingerprint density at radius 3 is 2.44 bits per heavy atom. The second-order valence-electron chi connectivity index (χ2n) is 3.11. The van der Waals surface area contributed by atoms with Gasteiger partial charge < -0.3 is 20.4 Å². The molecule has 7 heteroatoms. The number of hydrogen-bond donors (Lipinski definition) is 4. The maximum atomic E-state index is 10.7. The Hall–Kier alpha value is -1.44. The lowest BCUT2D eigenvalue weighted by Gasteiger charge is -2.15. The fourth-order valence-electron chi connectivity index (χ4n) is 1.19. The molecule has 0 aromatic carbocycles. The van der Waals surface area contributed by atoms with Gasteiger partial charge in [0.25, 0.3) is 0 Å². The molecule has 16 heavy (non-hydrogen) atoms. The fraction of sp³-hybridized carbons (Fsp3) is 0.333. The molecule has 0 aliphatic heterocycles. The Labute approximate surface area is 94.4 Å². The highest BCUT2D eigenvalue weighted by molar-refractivity contribution is 7.10. The summed E-state index contributed by atoms with van der Waals surface area (Å²) >= 11 is 0.958. The number of aliphatic hydroxyl groups excluding tert-OH is 2. The first-order valence-electron chi connectivity index (χ1n) is 4.32. The van der Waals surface area contributed by atoms with Gasteiger partial charge in [0.05, 0.1) is 23.0 Å². The third-order valence-electron chi connectivity index (χ3n) is 1.94. The van der Waals surface area contributed by atoms with Crippen LogP contribution < -0.4 is 0 Å². The second-order valence-corrected chi connectivity index (χ2v) is 4.06. The predicted molar refractivity (Wildman–Crippen MR) is 54.5 cm³/mol. The average Bonchev–Trinajstić information content (AvgIpc) is 2.63. The van der Waals surface area contributed by atoms with Gasteiger partial charge in [-0.3, -0.25) is 4.79 Å². The lowest BCUT2D eigenvalue weighted by molar-refractivity contribution is -0.141. The Bertz CT molecular complexity index is 398. The largest absolute Gasteiger partial charge is 0.481 e. The lowest BCUT2D eigenvalue weighted by Crippen LogP contribution is -2.22. The molecule has 0 saturated heterocycles. The van der Waals surface area contributed by atoms with Crippen LogP contribution in [0.15, 0.2) is 11.4 Å². The third-order valence-corrected chi connectivity index (χ3v) is 2.93. The summed E-state index contributed by atoms with van der Waals surface area (Å²) in [6, 6.07) is 1.29. The van der Waals surface area contributed by atoms with Crippen molar-refractivity contribution in [3.05, 3.63) is 21.9 Å². The molecule has 2 unspecified atom stereocenters. The number of hydrogen-bond acceptors (Lipinski definition) is 5. The van der Waals surface area contributed by atoms with E-state index in [2.05, 4.69) is 0 Å². The van der Waals surface area contributed by atoms with Crippen LogP contribution in [0.2, 0.25) is 0 Å². The molecular weight excluding hydrogens is 236 g/mol. The fourth-order valence-corrected chi connectivity index (χ4v) is 2.12. The SMILES string of the molecule is O=C(O)CC(O)C(O)c1sccc1C(=O)O. The highest BCUT2D eigenvalue weighted by Crippen LogP contribution is 2.28. The molecule has 0 spiro atoms. The van der Waals surface area contributed by atoms with Crippen molar-refractivity contribution in [2.45, 2.75) is 18.6 Å². The molecule has 0 aliphatic rings. The third kappa shape index (κ3) is 2.78. The van der Waals surface area contributed by atoms with E-state index in [0.717, 1.165) is 11.3 Å². The minimum absolute atomic E-state index is 0.0567. The Balaban J connectivity index is 2.87. The van der Waals surface area contributed by atoms with Crippen LogP contribution in [0.1, 0.15) is 27.8 Å². The average molecular weight is 246 g/mol. The standard InChI is InChI=1S/C9H10O6S/c10-5(3-6(11)12)7(13)8-4(9(14)15)1-2-16-8/h1-2,5,7,10,13H,3H2,(H,11,12)(H,14,15). The summed E-state index contributed by atoms with van der Waals surface area (Å²) in [5.41, 5.74) is -0.123. The van der Waals surface area contributed by atoms with Gasteiger partial charge in [0.15, 0.2) is 0 Å². The van der Waals surface area contributed by atoms with Gasteiger partial charge in [0.1, 0.15) is 6.10 Å². The normalized spacial score (nSPS) is 14.4. The van der Waals surface area contributed by atoms with Crippen molar-refractivity contribution in [2.24, 2.45) is 0 Å². The van der Waals surface area contributed by atoms with Crippen LogP contribution >= 0.6 is 11.3 Å². The molecule has 0 aliphatic carbocycles. The van der Waals surface area contributed by atoms with Gasteiger partial charge in [-0.15, -0.1) is 11.3 Å². The summed E-state index contributed by atoms with van der Waals surface area (Å²) in [6.45, 7) is 0. The number of rotatable bonds is 5. The van der Waals surface area contributed by atoms with Gasteiger partial charge in [-0.1, -0.05) is 0 Å². The molecule has 0 bridgehead atoms. The molecule has 1 rings (SSSR count). The molecule has 0 saturated carbocycles. The van der Waals surface area contributed by atoms with Crippen molar-refractivity contribution < 1.29 is 30.0 Å². The van der Waals surface area contributed by atoms with Gasteiger partial charge >= 0.3 is 11.9 Å². The van der Waals surface area contributed by atoms with Gasteiger partial charge in [-0.05, 0) is 11.4 Å². The van der Waals surface area contributed by atoms with E-state index in [1.54, 1.807) is 0 Å². The molecule has 0 fully saturated rings. The second kappa shape index (κ2) is 5.06. The molecule has 1 aromatic heterocycles. The zero-order valence-electron chi connectivity index (χ0n) is 8.03. The molecule has 4 N–H and O–H groups in total. The molecule has 88 valence electrons. The number of carboxylic acids is 2. The summed E-state index contributed by atoms with van der Waals surface area (Å²) in [5, 5.41) is 37.6. The maximum absolute atomic E-state index is 10.7. The van der Waals surface area contributed by atoms with Crippen LogP contribution in [0.3, 0.4) is 0 Å². The quantitative estimate of drug-likeness (QED) is 0.594. The minimum atomic E-state index is -1.52. The van der Waals surface area contributed by atoms with Crippen molar-refractivity contribution in [2.75, 3.05) is 0 Å². The van der Waals surface area contributed by atoms with Crippen molar-refractivity contribution >= 4 is 23.3 Å². The summed E-state index contributed by atoms with van der Waals surface area (Å²) in [4.78, 5) is 21.1. The van der Waals surface area contributed by atoms with E-state index in [4.69, 9.17) is 10.2 Å². The van der Waals surface area contributed by atoms with Crippen LogP contribution in [0, 0.1) is 0 Å². The first-order chi connectivity index (χ1) is 7.43. The van der Waals surface area contributed by atoms with E-state index in [0.29, 0.717) is 0 Å². The zero-order chi connectivity index (χ0) is 12.3. The Morgan fingerprint density at radius 2 is 1.94 bits per heavy atom. The predicted octanol–water partition coefficient (Wildman–Crippen LogP) is 0.315. The molecule has 1 aromatic rings. The Kier molecular flexibility index (Phi) is 3.99. The van der Waals surface area contributed by atoms with Crippen molar-refractivity contribution in [3.8, 4) is 0 Å². The summed E-state index contributed by atoms with van der Waals surface area (Å²) in [5.74, 6) is -2.49. The molecule has 2 atom stereocenters. The van der Waals surface area contributed by atoms with Crippen LogP contribution in [0.25, 0.3) is 0 Å². The Morgan fingerprint density at radius 1 is 1.31 bits per heavy atom. The number of aliphatic carboxylic acids is 1. The van der Waals surface area contributed by atoms with E-state index in [9.17, 15) is 19.8 Å². The van der Waals surface area contributed by atoms with E-state index in [1.165, 1.54) is 11.4 Å². The van der Waals surface area contributed by atoms with Crippen molar-refractivity contribution in [1.29, 1.82) is 0 Å². The van der Waals surface area contributed by atoms with E-state index < -0.39 is 30.6 Å². The summed E-state index contributed by atoms with van der Waals surface area (Å²) in [7, 11) is 0. The number of aromatic carboxylic acids is 1. The maximum Gasteiger partial charge on any atom is 0.336 e. The first-order valence-corrected chi connectivity index (χ1v) is 5.20. The first kappa shape index (κ1) is 12.6. The van der Waals surface area contributed by atoms with Gasteiger partial charge in [-0.2, -0.15) is 0 Å². The molecule has 1 heterocycles. The highest BCUT2D eigenvalue weighted by Gasteiger charge is 2.26. The van der Waals surface area contributed by atoms with Gasteiger partial charge in [0.2, 0.25) is 0 Å².